The van der Waals surface area contributed by atoms with E-state index < -0.39 is 12.2 Å². The fraction of sp³-hybridized carbons (Fsp3) is 0.172. The molecule has 0 radical (unpaired) electrons. The summed E-state index contributed by atoms with van der Waals surface area (Å²) in [6.45, 7) is 0. The van der Waals surface area contributed by atoms with Gasteiger partial charge in [0, 0.05) is 27.6 Å². The number of rotatable bonds is 5. The molecule has 0 saturated heterocycles. The molecule has 2 aliphatic rings. The van der Waals surface area contributed by atoms with Crippen LogP contribution in [0, 0.1) is 0 Å². The zero-order valence-electron chi connectivity index (χ0n) is 20.1. The summed E-state index contributed by atoms with van der Waals surface area (Å²) in [6, 6.07) is 23.6. The number of carboxylic acids is 1. The van der Waals surface area contributed by atoms with Gasteiger partial charge in [-0.05, 0) is 41.1 Å². The van der Waals surface area contributed by atoms with Crippen LogP contribution in [-0.4, -0.2) is 36.0 Å². The second-order valence-corrected chi connectivity index (χ2v) is 9.81. The molecule has 6 rings (SSSR count). The van der Waals surface area contributed by atoms with Gasteiger partial charge in [-0.25, -0.2) is 9.80 Å². The van der Waals surface area contributed by atoms with Crippen molar-refractivity contribution in [1.29, 1.82) is 0 Å². The molecule has 1 N–H and O–H groups in total. The van der Waals surface area contributed by atoms with Crippen molar-refractivity contribution in [2.75, 3.05) is 14.2 Å². The standard InChI is InChI=1S/C29H23BrN2O5/c1-35-25-13-11-20(26(29(33)34)27(25)36-2)28-32-23(21-14-17(30)10-12-24(21)37-28)15-22(31-32)19-9-5-7-16-6-3-4-8-18(16)19/h3-14,23,28H,15H2,1-2H3,(H,33,34). The van der Waals surface area contributed by atoms with Crippen LogP contribution in [0.3, 0.4) is 0 Å². The molecule has 0 aliphatic carbocycles. The lowest BCUT2D eigenvalue weighted by molar-refractivity contribution is -0.0199. The van der Waals surface area contributed by atoms with Crippen LogP contribution in [0.1, 0.15) is 45.7 Å². The smallest absolute Gasteiger partial charge is 0.340 e. The molecular weight excluding hydrogens is 536 g/mol. The Morgan fingerprint density at radius 1 is 1.03 bits per heavy atom. The Morgan fingerprint density at radius 2 is 1.84 bits per heavy atom. The van der Waals surface area contributed by atoms with E-state index in [1.165, 1.54) is 14.2 Å². The molecule has 2 unspecified atom stereocenters. The lowest BCUT2D eigenvalue weighted by Crippen LogP contribution is -2.34. The van der Waals surface area contributed by atoms with Gasteiger partial charge < -0.3 is 19.3 Å². The molecule has 8 heteroatoms. The van der Waals surface area contributed by atoms with E-state index in [2.05, 4.69) is 40.2 Å². The van der Waals surface area contributed by atoms with Gasteiger partial charge in [-0.1, -0.05) is 58.4 Å². The molecule has 186 valence electrons. The van der Waals surface area contributed by atoms with E-state index >= 15 is 0 Å². The maximum absolute atomic E-state index is 12.5. The number of fused-ring (bicyclic) bond motifs is 4. The number of benzene rings is 4. The highest BCUT2D eigenvalue weighted by Crippen LogP contribution is 2.50. The van der Waals surface area contributed by atoms with Gasteiger partial charge in [-0.15, -0.1) is 0 Å². The molecule has 0 saturated carbocycles. The van der Waals surface area contributed by atoms with Gasteiger partial charge in [0.1, 0.15) is 11.3 Å². The van der Waals surface area contributed by atoms with Crippen LogP contribution < -0.4 is 14.2 Å². The Bertz CT molecular complexity index is 1580. The third-order valence-electron chi connectivity index (χ3n) is 6.91. The Labute approximate surface area is 222 Å². The zero-order chi connectivity index (χ0) is 25.7. The van der Waals surface area contributed by atoms with Crippen molar-refractivity contribution in [3.05, 3.63) is 99.5 Å². The summed E-state index contributed by atoms with van der Waals surface area (Å²) in [4.78, 5) is 12.5. The van der Waals surface area contributed by atoms with E-state index in [1.807, 2.05) is 41.4 Å². The summed E-state index contributed by atoms with van der Waals surface area (Å²) in [7, 11) is 2.91. The number of methoxy groups -OCH3 is 2. The van der Waals surface area contributed by atoms with E-state index in [0.29, 0.717) is 23.5 Å². The quantitative estimate of drug-likeness (QED) is 0.298. The molecule has 0 spiro atoms. The topological polar surface area (TPSA) is 80.6 Å². The van der Waals surface area contributed by atoms with Crippen LogP contribution >= 0.6 is 15.9 Å². The van der Waals surface area contributed by atoms with Gasteiger partial charge in [0.15, 0.2) is 11.5 Å². The van der Waals surface area contributed by atoms with Crippen LogP contribution in [0.15, 0.2) is 82.4 Å². The zero-order valence-corrected chi connectivity index (χ0v) is 21.7. The highest BCUT2D eigenvalue weighted by Gasteiger charge is 2.43. The van der Waals surface area contributed by atoms with Gasteiger partial charge in [0.2, 0.25) is 6.23 Å². The highest BCUT2D eigenvalue weighted by atomic mass is 79.9. The Balaban J connectivity index is 1.54. The van der Waals surface area contributed by atoms with E-state index in [1.54, 1.807) is 12.1 Å². The predicted molar refractivity (Wildman–Crippen MR) is 144 cm³/mol. The minimum Gasteiger partial charge on any atom is -0.493 e. The fourth-order valence-corrected chi connectivity index (χ4v) is 5.65. The summed E-state index contributed by atoms with van der Waals surface area (Å²) in [5.41, 5.74) is 3.38. The van der Waals surface area contributed by atoms with E-state index in [4.69, 9.17) is 19.3 Å². The molecule has 0 fully saturated rings. The SMILES string of the molecule is COc1ccc(C2Oc3ccc(Br)cc3C3CC(c4cccc5ccccc45)=NN32)c(C(=O)O)c1OC. The van der Waals surface area contributed by atoms with Crippen molar-refractivity contribution in [3.8, 4) is 17.2 Å². The molecule has 4 aromatic rings. The number of nitrogens with zero attached hydrogens (tertiary/aromatic N) is 2. The fourth-order valence-electron chi connectivity index (χ4n) is 5.27. The minimum absolute atomic E-state index is 0.0139. The Kier molecular flexibility index (Phi) is 5.76. The monoisotopic (exact) mass is 558 g/mol. The van der Waals surface area contributed by atoms with E-state index in [-0.39, 0.29) is 17.4 Å². The van der Waals surface area contributed by atoms with Crippen molar-refractivity contribution in [1.82, 2.24) is 5.01 Å². The minimum atomic E-state index is -1.13. The second-order valence-electron chi connectivity index (χ2n) is 8.90. The number of hydrogen-bond acceptors (Lipinski definition) is 6. The molecular formula is C29H23BrN2O5. The number of carbonyl (C=O) groups is 1. The van der Waals surface area contributed by atoms with Gasteiger partial charge in [-0.3, -0.25) is 0 Å². The van der Waals surface area contributed by atoms with Gasteiger partial charge in [0.25, 0.3) is 0 Å². The Morgan fingerprint density at radius 3 is 2.62 bits per heavy atom. The number of ether oxygens (including phenoxy) is 3. The first-order chi connectivity index (χ1) is 18.0. The van der Waals surface area contributed by atoms with Gasteiger partial charge in [-0.2, -0.15) is 5.10 Å². The maximum atomic E-state index is 12.5. The van der Waals surface area contributed by atoms with Crippen molar-refractivity contribution < 1.29 is 24.1 Å². The average Bonchev–Trinajstić information content (AvgIpc) is 3.37. The molecule has 37 heavy (non-hydrogen) atoms. The predicted octanol–water partition coefficient (Wildman–Crippen LogP) is 6.56. The third kappa shape index (κ3) is 3.79. The number of aromatic carboxylic acids is 1. The number of hydrogen-bond donors (Lipinski definition) is 1. The molecule has 2 atom stereocenters. The third-order valence-corrected chi connectivity index (χ3v) is 7.40. The number of hydrazone groups is 1. The lowest BCUT2D eigenvalue weighted by atomic mass is 9.93. The van der Waals surface area contributed by atoms with Crippen molar-refractivity contribution in [3.63, 3.8) is 0 Å². The van der Waals surface area contributed by atoms with Crippen molar-refractivity contribution in [2.24, 2.45) is 5.10 Å². The van der Waals surface area contributed by atoms with Crippen LogP contribution in [0.5, 0.6) is 17.2 Å². The van der Waals surface area contributed by atoms with Gasteiger partial charge in [0.05, 0.1) is 26.0 Å². The second kappa shape index (κ2) is 9.12. The summed E-state index contributed by atoms with van der Waals surface area (Å²) in [5, 5.41) is 19.4. The summed E-state index contributed by atoms with van der Waals surface area (Å²) in [5.74, 6) is 0.0355. The molecule has 2 heterocycles. The molecule has 2 aliphatic heterocycles. The summed E-state index contributed by atoms with van der Waals surface area (Å²) < 4.78 is 18.2. The largest absolute Gasteiger partial charge is 0.493 e. The van der Waals surface area contributed by atoms with E-state index in [0.717, 1.165) is 32.1 Å². The molecule has 0 aromatic heterocycles. The lowest BCUT2D eigenvalue weighted by Gasteiger charge is -2.38. The molecule has 7 nitrogen and oxygen atoms in total. The van der Waals surface area contributed by atoms with Crippen LogP contribution in [0.4, 0.5) is 0 Å². The summed E-state index contributed by atoms with van der Waals surface area (Å²) in [6.07, 6.45) is -0.135. The number of carboxylic acid groups (broad SMARTS) is 1. The van der Waals surface area contributed by atoms with Crippen LogP contribution in [0.25, 0.3) is 10.8 Å². The van der Waals surface area contributed by atoms with Crippen molar-refractivity contribution in [2.45, 2.75) is 18.7 Å². The normalized spacial score (nSPS) is 18.0. The van der Waals surface area contributed by atoms with Crippen molar-refractivity contribution >= 4 is 38.4 Å². The maximum Gasteiger partial charge on any atom is 0.340 e. The first kappa shape index (κ1) is 23.4. The molecule has 4 aromatic carbocycles. The first-order valence-electron chi connectivity index (χ1n) is 11.8. The van der Waals surface area contributed by atoms with Crippen LogP contribution in [-0.2, 0) is 0 Å². The van der Waals surface area contributed by atoms with Gasteiger partial charge >= 0.3 is 5.97 Å². The number of halogens is 1. The van der Waals surface area contributed by atoms with E-state index in [9.17, 15) is 9.90 Å². The first-order valence-corrected chi connectivity index (χ1v) is 12.6. The molecule has 0 bridgehead atoms. The average molecular weight is 559 g/mol. The van der Waals surface area contributed by atoms with Crippen LogP contribution in [0.2, 0.25) is 0 Å². The highest BCUT2D eigenvalue weighted by molar-refractivity contribution is 9.10. The molecule has 0 amide bonds. The Hall–Kier alpha value is -4.04. The summed E-state index contributed by atoms with van der Waals surface area (Å²) >= 11 is 3.59.